The van der Waals surface area contributed by atoms with E-state index in [0.717, 1.165) is 6.07 Å². The summed E-state index contributed by atoms with van der Waals surface area (Å²) < 4.78 is 52.8. The zero-order valence-corrected chi connectivity index (χ0v) is 10.2. The Morgan fingerprint density at radius 1 is 1.17 bits per heavy atom. The third kappa shape index (κ3) is 4.54. The maximum absolute atomic E-state index is 12.7. The molecule has 0 aliphatic rings. The number of ether oxygens (including phenoxy) is 3. The molecule has 0 fully saturated rings. The van der Waals surface area contributed by atoms with Crippen molar-refractivity contribution in [1.29, 1.82) is 0 Å². The Bertz CT molecular complexity index is 377. The van der Waals surface area contributed by atoms with E-state index in [1.807, 2.05) is 0 Å². The lowest BCUT2D eigenvalue weighted by Gasteiger charge is -2.14. The molecule has 18 heavy (non-hydrogen) atoms. The zero-order valence-electron chi connectivity index (χ0n) is 10.2. The molecule has 0 unspecified atom stereocenters. The van der Waals surface area contributed by atoms with Gasteiger partial charge in [-0.1, -0.05) is 11.6 Å². The summed E-state index contributed by atoms with van der Waals surface area (Å²) in [5, 5.41) is 0. The van der Waals surface area contributed by atoms with Crippen molar-refractivity contribution < 1.29 is 27.4 Å². The van der Waals surface area contributed by atoms with E-state index in [2.05, 4.69) is 0 Å². The Balaban J connectivity index is 2.65. The highest BCUT2D eigenvalue weighted by atomic mass is 19.4. The first-order valence-corrected chi connectivity index (χ1v) is 5.32. The van der Waals surface area contributed by atoms with Gasteiger partial charge in [0.05, 0.1) is 18.8 Å². The molecule has 102 valence electrons. The highest BCUT2D eigenvalue weighted by Crippen LogP contribution is 2.36. The molecule has 3 nitrogen and oxygen atoms in total. The van der Waals surface area contributed by atoms with Gasteiger partial charge in [-0.3, -0.25) is 0 Å². The van der Waals surface area contributed by atoms with Gasteiger partial charge in [0.2, 0.25) is 0 Å². The van der Waals surface area contributed by atoms with Gasteiger partial charge >= 0.3 is 6.18 Å². The van der Waals surface area contributed by atoms with Gasteiger partial charge in [-0.25, -0.2) is 0 Å². The van der Waals surface area contributed by atoms with Crippen molar-refractivity contribution in [3.63, 3.8) is 0 Å². The van der Waals surface area contributed by atoms with Crippen LogP contribution in [-0.4, -0.2) is 27.1 Å². The zero-order chi connectivity index (χ0) is 13.6. The number of methoxy groups -OCH3 is 1. The molecule has 1 rings (SSSR count). The summed E-state index contributed by atoms with van der Waals surface area (Å²) in [6.45, 7) is 1.98. The largest absolute Gasteiger partial charge is 0.467 e. The summed E-state index contributed by atoms with van der Waals surface area (Å²) in [5.41, 5.74) is -0.271. The number of benzene rings is 1. The molecule has 0 bridgehead atoms. The van der Waals surface area contributed by atoms with Crippen LogP contribution < -0.4 is 4.74 Å². The van der Waals surface area contributed by atoms with Crippen molar-refractivity contribution in [2.45, 2.75) is 13.1 Å². The smallest absolute Gasteiger partial charge is 0.419 e. The lowest BCUT2D eigenvalue weighted by atomic mass is 10.1. The molecular weight excluding hydrogens is 249 g/mol. The average molecular weight is 264 g/mol. The minimum Gasteiger partial charge on any atom is -0.467 e. The Hall–Kier alpha value is -1.27. The quantitative estimate of drug-likeness (QED) is 0.584. The monoisotopic (exact) mass is 264 g/mol. The molecule has 0 N–H and O–H groups in total. The minimum atomic E-state index is -4.44. The number of halogens is 3. The van der Waals surface area contributed by atoms with Gasteiger partial charge in [-0.15, -0.1) is 0 Å². The maximum atomic E-state index is 12.7. The number of aryl methyl sites for hydroxylation is 1. The second kappa shape index (κ2) is 6.61. The van der Waals surface area contributed by atoms with E-state index in [0.29, 0.717) is 12.2 Å². The fourth-order valence-electron chi connectivity index (χ4n) is 1.30. The van der Waals surface area contributed by atoms with Crippen LogP contribution in [0.4, 0.5) is 13.2 Å². The van der Waals surface area contributed by atoms with Crippen LogP contribution >= 0.6 is 0 Å². The van der Waals surface area contributed by atoms with Gasteiger partial charge in [0.15, 0.2) is 6.79 Å². The second-order valence-electron chi connectivity index (χ2n) is 3.66. The van der Waals surface area contributed by atoms with E-state index in [1.54, 1.807) is 13.0 Å². The molecule has 0 radical (unpaired) electrons. The van der Waals surface area contributed by atoms with Crippen LogP contribution in [0.25, 0.3) is 0 Å². The fraction of sp³-hybridized carbons (Fsp3) is 0.500. The molecular formula is C12H15F3O3. The minimum absolute atomic E-state index is 0.231. The number of alkyl halides is 3. The van der Waals surface area contributed by atoms with Crippen molar-refractivity contribution >= 4 is 0 Å². The van der Waals surface area contributed by atoms with Crippen LogP contribution in [0, 0.1) is 6.92 Å². The van der Waals surface area contributed by atoms with Crippen molar-refractivity contribution in [1.82, 2.24) is 0 Å². The lowest BCUT2D eigenvalue weighted by Crippen LogP contribution is -2.12. The average Bonchev–Trinajstić information content (AvgIpc) is 2.29. The Morgan fingerprint density at radius 3 is 2.50 bits per heavy atom. The van der Waals surface area contributed by atoms with Crippen molar-refractivity contribution in [2.75, 3.05) is 27.1 Å². The molecule has 0 saturated heterocycles. The van der Waals surface area contributed by atoms with E-state index in [1.165, 1.54) is 13.2 Å². The summed E-state index contributed by atoms with van der Waals surface area (Å²) in [6.07, 6.45) is -4.44. The van der Waals surface area contributed by atoms with Crippen molar-refractivity contribution in [3.8, 4) is 5.75 Å². The molecule has 0 aliphatic carbocycles. The molecule has 0 atom stereocenters. The first kappa shape index (κ1) is 14.8. The van der Waals surface area contributed by atoms with Gasteiger partial charge in [0.1, 0.15) is 5.75 Å². The van der Waals surface area contributed by atoms with Gasteiger partial charge in [0.25, 0.3) is 0 Å². The van der Waals surface area contributed by atoms with Crippen LogP contribution in [0.1, 0.15) is 11.1 Å². The Labute approximate surface area is 103 Å². The topological polar surface area (TPSA) is 27.7 Å². The molecule has 6 heteroatoms. The Morgan fingerprint density at radius 2 is 1.89 bits per heavy atom. The predicted molar refractivity (Wildman–Crippen MR) is 59.5 cm³/mol. The predicted octanol–water partition coefficient (Wildman–Crippen LogP) is 3.01. The fourth-order valence-corrected chi connectivity index (χ4v) is 1.30. The van der Waals surface area contributed by atoms with E-state index in [-0.39, 0.29) is 19.1 Å². The molecule has 0 saturated carbocycles. The van der Waals surface area contributed by atoms with Gasteiger partial charge in [-0.05, 0) is 19.1 Å². The van der Waals surface area contributed by atoms with Crippen LogP contribution in [0.2, 0.25) is 0 Å². The van der Waals surface area contributed by atoms with Gasteiger partial charge < -0.3 is 14.2 Å². The summed E-state index contributed by atoms with van der Waals surface area (Å²) in [6, 6.07) is 3.89. The lowest BCUT2D eigenvalue weighted by molar-refractivity contribution is -0.140. The number of rotatable bonds is 6. The van der Waals surface area contributed by atoms with E-state index in [4.69, 9.17) is 14.2 Å². The van der Waals surface area contributed by atoms with Crippen LogP contribution in [0.5, 0.6) is 5.75 Å². The molecule has 0 amide bonds. The van der Waals surface area contributed by atoms with E-state index in [9.17, 15) is 13.2 Å². The summed E-state index contributed by atoms with van der Waals surface area (Å²) >= 11 is 0. The first-order valence-electron chi connectivity index (χ1n) is 5.32. The summed E-state index contributed by atoms with van der Waals surface area (Å²) in [4.78, 5) is 0. The maximum Gasteiger partial charge on any atom is 0.419 e. The molecule has 0 spiro atoms. The van der Waals surface area contributed by atoms with Crippen LogP contribution in [0.15, 0.2) is 18.2 Å². The van der Waals surface area contributed by atoms with E-state index >= 15 is 0 Å². The standard InChI is InChI=1S/C12H15F3O3/c1-9-3-4-11(10(7-9)12(13,14)15)18-8-17-6-5-16-2/h3-4,7H,5-6,8H2,1-2H3. The van der Waals surface area contributed by atoms with Gasteiger partial charge in [-0.2, -0.15) is 13.2 Å². The third-order valence-electron chi connectivity index (χ3n) is 2.17. The molecule has 0 aliphatic heterocycles. The molecule has 0 aromatic heterocycles. The van der Waals surface area contributed by atoms with Crippen LogP contribution in [0.3, 0.4) is 0 Å². The molecule has 1 aromatic carbocycles. The first-order chi connectivity index (χ1) is 8.45. The number of hydrogen-bond acceptors (Lipinski definition) is 3. The number of hydrogen-bond donors (Lipinski definition) is 0. The molecule has 1 aromatic rings. The molecule has 0 heterocycles. The highest BCUT2D eigenvalue weighted by Gasteiger charge is 2.34. The highest BCUT2D eigenvalue weighted by molar-refractivity contribution is 5.38. The van der Waals surface area contributed by atoms with Gasteiger partial charge in [0, 0.05) is 7.11 Å². The summed E-state index contributed by atoms with van der Waals surface area (Å²) in [5.74, 6) is -0.231. The third-order valence-corrected chi connectivity index (χ3v) is 2.17. The van der Waals surface area contributed by atoms with Crippen molar-refractivity contribution in [2.24, 2.45) is 0 Å². The summed E-state index contributed by atoms with van der Waals surface area (Å²) in [7, 11) is 1.51. The Kier molecular flexibility index (Phi) is 5.43. The van der Waals surface area contributed by atoms with Crippen LogP contribution in [-0.2, 0) is 15.7 Å². The SMILES string of the molecule is COCCOCOc1ccc(C)cc1C(F)(F)F. The second-order valence-corrected chi connectivity index (χ2v) is 3.66. The normalized spacial score (nSPS) is 11.6. The van der Waals surface area contributed by atoms with E-state index < -0.39 is 11.7 Å². The van der Waals surface area contributed by atoms with Crippen molar-refractivity contribution in [3.05, 3.63) is 29.3 Å².